The maximum absolute atomic E-state index is 11.6. The van der Waals surface area contributed by atoms with Crippen molar-refractivity contribution in [3.8, 4) is 17.3 Å². The maximum Gasteiger partial charge on any atom is 0.326 e. The second-order valence-corrected chi connectivity index (χ2v) is 9.56. The van der Waals surface area contributed by atoms with Gasteiger partial charge in [0.25, 0.3) is 0 Å². The monoisotopic (exact) mass is 539 g/mol. The van der Waals surface area contributed by atoms with E-state index < -0.39 is 12.0 Å². The van der Waals surface area contributed by atoms with Gasteiger partial charge in [0, 0.05) is 24.9 Å². The first-order valence-corrected chi connectivity index (χ1v) is 13.0. The number of carboxylic acid groups (broad SMARTS) is 1. The molecule has 0 amide bonds. The summed E-state index contributed by atoms with van der Waals surface area (Å²) >= 11 is 0. The molecule has 12 heteroatoms. The Hall–Kier alpha value is -4.89. The predicted octanol–water partition coefficient (Wildman–Crippen LogP) is 3.78. The van der Waals surface area contributed by atoms with Gasteiger partial charge in [0.2, 0.25) is 5.95 Å². The summed E-state index contributed by atoms with van der Waals surface area (Å²) in [5, 5.41) is 29.0. The Labute approximate surface area is 231 Å². The van der Waals surface area contributed by atoms with Crippen molar-refractivity contribution >= 4 is 23.4 Å². The molecule has 2 saturated heterocycles. The minimum Gasteiger partial charge on any atom is -0.480 e. The van der Waals surface area contributed by atoms with Crippen LogP contribution < -0.4 is 15.5 Å². The van der Waals surface area contributed by atoms with Crippen molar-refractivity contribution in [2.45, 2.75) is 37.9 Å². The average molecular weight is 540 g/mol. The highest BCUT2D eigenvalue weighted by Gasteiger charge is 2.31. The normalized spacial score (nSPS) is 18.8. The molecule has 2 unspecified atom stereocenters. The summed E-state index contributed by atoms with van der Waals surface area (Å²) in [6.45, 7) is 2.20. The summed E-state index contributed by atoms with van der Waals surface area (Å²) in [6, 6.07) is 16.0. The van der Waals surface area contributed by atoms with E-state index in [1.165, 1.54) is 0 Å². The van der Waals surface area contributed by atoms with Crippen molar-refractivity contribution in [2.24, 2.45) is 5.11 Å². The van der Waals surface area contributed by atoms with Crippen LogP contribution >= 0.6 is 0 Å². The number of carbonyl (C=O) groups is 1. The van der Waals surface area contributed by atoms with E-state index in [-0.39, 0.29) is 11.7 Å². The zero-order valence-corrected chi connectivity index (χ0v) is 21.7. The molecule has 0 spiro atoms. The van der Waals surface area contributed by atoms with Crippen LogP contribution in [0.2, 0.25) is 0 Å². The minimum atomic E-state index is -0.842. The van der Waals surface area contributed by atoms with Crippen LogP contribution in [0.25, 0.3) is 17.0 Å². The van der Waals surface area contributed by atoms with E-state index in [1.54, 1.807) is 30.5 Å². The third kappa shape index (κ3) is 6.22. The summed E-state index contributed by atoms with van der Waals surface area (Å²) in [7, 11) is 0. The average Bonchev–Trinajstić information content (AvgIpc) is 3.68. The Morgan fingerprint density at radius 3 is 2.88 bits per heavy atom. The number of ether oxygens (including phenoxy) is 1. The Morgan fingerprint density at radius 2 is 2.10 bits per heavy atom. The fourth-order valence-electron chi connectivity index (χ4n) is 4.81. The fourth-order valence-corrected chi connectivity index (χ4v) is 4.81. The molecular formula is C28H29N9O3. The number of nitriles is 1. The topological polar surface area (TPSA) is 172 Å². The SMILES string of the molecule is N#Cc1cccc(-c2cc(/C(=C/NCc3cccc(N4CCCC4C(=O)O)n3)N=N)nc(NC3CCOC3)n2)c1. The number of nitrogens with one attached hydrogen (secondary N) is 3. The maximum atomic E-state index is 11.6. The zero-order chi connectivity index (χ0) is 27.9. The van der Waals surface area contributed by atoms with Gasteiger partial charge in [-0.25, -0.2) is 25.3 Å². The van der Waals surface area contributed by atoms with Gasteiger partial charge in [0.05, 0.1) is 47.9 Å². The van der Waals surface area contributed by atoms with Gasteiger partial charge in [0.1, 0.15) is 17.6 Å². The molecule has 2 atom stereocenters. The Morgan fingerprint density at radius 1 is 1.23 bits per heavy atom. The quantitative estimate of drug-likeness (QED) is 0.278. The van der Waals surface area contributed by atoms with Crippen molar-refractivity contribution in [2.75, 3.05) is 30.0 Å². The van der Waals surface area contributed by atoms with Crippen LogP contribution in [0, 0.1) is 16.9 Å². The van der Waals surface area contributed by atoms with E-state index in [1.807, 2.05) is 29.2 Å². The van der Waals surface area contributed by atoms with E-state index >= 15 is 0 Å². The highest BCUT2D eigenvalue weighted by molar-refractivity contribution is 5.78. The van der Waals surface area contributed by atoms with Crippen molar-refractivity contribution in [1.82, 2.24) is 20.3 Å². The molecule has 0 aliphatic carbocycles. The van der Waals surface area contributed by atoms with E-state index in [0.717, 1.165) is 24.1 Å². The summed E-state index contributed by atoms with van der Waals surface area (Å²) in [5.74, 6) is 0.170. The molecule has 4 N–H and O–H groups in total. The molecular weight excluding hydrogens is 510 g/mol. The Balaban J connectivity index is 1.38. The number of nitrogens with zero attached hydrogens (tertiary/aromatic N) is 6. The number of benzene rings is 1. The fraction of sp³-hybridized carbons (Fsp3) is 0.321. The van der Waals surface area contributed by atoms with Crippen molar-refractivity contribution < 1.29 is 14.6 Å². The van der Waals surface area contributed by atoms with Gasteiger partial charge in [0.15, 0.2) is 0 Å². The van der Waals surface area contributed by atoms with Crippen molar-refractivity contribution in [3.63, 3.8) is 0 Å². The van der Waals surface area contributed by atoms with Crippen LogP contribution in [0.1, 0.15) is 36.2 Å². The highest BCUT2D eigenvalue weighted by Crippen LogP contribution is 2.26. The lowest BCUT2D eigenvalue weighted by molar-refractivity contribution is -0.138. The Bertz CT molecular complexity index is 1460. The largest absolute Gasteiger partial charge is 0.480 e. The molecule has 2 aliphatic rings. The molecule has 0 saturated carbocycles. The lowest BCUT2D eigenvalue weighted by atomic mass is 10.1. The molecule has 2 aromatic heterocycles. The first kappa shape index (κ1) is 26.7. The molecule has 2 aliphatic heterocycles. The molecule has 4 heterocycles. The van der Waals surface area contributed by atoms with E-state index in [9.17, 15) is 15.2 Å². The van der Waals surface area contributed by atoms with Crippen molar-refractivity contribution in [1.29, 1.82) is 10.8 Å². The number of anilines is 2. The first-order valence-electron chi connectivity index (χ1n) is 13.0. The lowest BCUT2D eigenvalue weighted by Crippen LogP contribution is -2.36. The smallest absolute Gasteiger partial charge is 0.326 e. The summed E-state index contributed by atoms with van der Waals surface area (Å²) in [6.07, 6.45) is 3.83. The molecule has 0 radical (unpaired) electrons. The zero-order valence-electron chi connectivity index (χ0n) is 21.7. The number of pyridine rings is 1. The van der Waals surface area contributed by atoms with Gasteiger partial charge in [-0.3, -0.25) is 0 Å². The minimum absolute atomic E-state index is 0.0710. The second-order valence-electron chi connectivity index (χ2n) is 9.56. The number of carboxylic acids is 1. The standard InChI is InChI=1S/C28H29N9O3/c29-14-18-4-1-5-19(12-18)22-13-23(35-28(34-22)33-21-9-11-40-17-21)24(36-30)16-31-15-20-6-2-8-26(32-20)37-10-3-7-25(37)27(38)39/h1-2,4-6,8,12-13,16,21,25,30-31H,3,7,9-11,15,17H2,(H,38,39)(H,33,34,35)/b24-16-,36-30?. The van der Waals surface area contributed by atoms with E-state index in [4.69, 9.17) is 10.3 Å². The molecule has 204 valence electrons. The molecule has 2 fully saturated rings. The van der Waals surface area contributed by atoms with Gasteiger partial charge in [-0.05, 0) is 49.6 Å². The van der Waals surface area contributed by atoms with Gasteiger partial charge in [-0.1, -0.05) is 18.2 Å². The molecule has 5 rings (SSSR count). The van der Waals surface area contributed by atoms with Crippen molar-refractivity contribution in [3.05, 3.63) is 71.7 Å². The third-order valence-corrected chi connectivity index (χ3v) is 6.81. The number of aliphatic carboxylic acids is 1. The summed E-state index contributed by atoms with van der Waals surface area (Å²) in [5.41, 5.74) is 11.1. The molecule has 3 aromatic rings. The number of hydrogen-bond acceptors (Lipinski definition) is 11. The van der Waals surface area contributed by atoms with E-state index in [0.29, 0.717) is 61.4 Å². The number of aromatic nitrogens is 3. The van der Waals surface area contributed by atoms with Crippen LogP contribution in [0.4, 0.5) is 11.8 Å². The van der Waals surface area contributed by atoms with Crippen LogP contribution in [0.3, 0.4) is 0 Å². The van der Waals surface area contributed by atoms with Gasteiger partial charge in [-0.15, -0.1) is 0 Å². The van der Waals surface area contributed by atoms with Gasteiger partial charge >= 0.3 is 5.97 Å². The van der Waals surface area contributed by atoms with Crippen LogP contribution in [0.15, 0.2) is 59.8 Å². The Kier molecular flexibility index (Phi) is 8.22. The number of rotatable bonds is 10. The summed E-state index contributed by atoms with van der Waals surface area (Å²) in [4.78, 5) is 27.3. The van der Waals surface area contributed by atoms with Crippen LogP contribution in [-0.4, -0.2) is 57.9 Å². The molecule has 1 aromatic carbocycles. The van der Waals surface area contributed by atoms with E-state index in [2.05, 4.69) is 36.8 Å². The van der Waals surface area contributed by atoms with Crippen LogP contribution in [-0.2, 0) is 16.1 Å². The predicted molar refractivity (Wildman–Crippen MR) is 147 cm³/mol. The lowest BCUT2D eigenvalue weighted by Gasteiger charge is -2.22. The highest BCUT2D eigenvalue weighted by atomic mass is 16.5. The molecule has 40 heavy (non-hydrogen) atoms. The third-order valence-electron chi connectivity index (χ3n) is 6.81. The molecule has 12 nitrogen and oxygen atoms in total. The van der Waals surface area contributed by atoms with Crippen LogP contribution in [0.5, 0.6) is 0 Å². The van der Waals surface area contributed by atoms with Gasteiger partial charge < -0.3 is 25.4 Å². The molecule has 0 bridgehead atoms. The summed E-state index contributed by atoms with van der Waals surface area (Å²) < 4.78 is 5.46. The first-order chi connectivity index (χ1) is 19.5. The number of hydrogen-bond donors (Lipinski definition) is 4. The second kappa shape index (κ2) is 12.3. The van der Waals surface area contributed by atoms with Gasteiger partial charge in [-0.2, -0.15) is 10.4 Å².